The average Bonchev–Trinajstić information content (AvgIpc) is 2.44. The zero-order valence-corrected chi connectivity index (χ0v) is 11.5. The van der Waals surface area contributed by atoms with E-state index in [0.29, 0.717) is 18.1 Å². The number of rotatable bonds is 8. The Morgan fingerprint density at radius 2 is 2.20 bits per heavy atom. The first-order chi connectivity index (χ1) is 9.71. The maximum Gasteiger partial charge on any atom is 0.310 e. The summed E-state index contributed by atoms with van der Waals surface area (Å²) < 4.78 is 15.5. The minimum Gasteiger partial charge on any atom is -0.493 e. The lowest BCUT2D eigenvalue weighted by Gasteiger charge is -2.11. The topological polar surface area (TPSA) is 93.5 Å². The second kappa shape index (κ2) is 8.66. The van der Waals surface area contributed by atoms with Crippen LogP contribution in [0.1, 0.15) is 12.5 Å². The van der Waals surface area contributed by atoms with Crippen molar-refractivity contribution in [2.45, 2.75) is 13.3 Å². The number of nitrogens with zero attached hydrogens (tertiary/aromatic N) is 3. The summed E-state index contributed by atoms with van der Waals surface area (Å²) in [6, 6.07) is 5.20. The molecule has 0 amide bonds. The van der Waals surface area contributed by atoms with E-state index in [1.165, 1.54) is 7.11 Å². The zero-order chi connectivity index (χ0) is 14.8. The van der Waals surface area contributed by atoms with Crippen molar-refractivity contribution in [1.82, 2.24) is 0 Å². The molecule has 0 radical (unpaired) electrons. The van der Waals surface area contributed by atoms with Gasteiger partial charge in [0.15, 0.2) is 11.5 Å². The minimum atomic E-state index is -0.286. The highest BCUT2D eigenvalue weighted by molar-refractivity contribution is 5.72. The number of esters is 1. The van der Waals surface area contributed by atoms with Crippen LogP contribution in [0.15, 0.2) is 23.3 Å². The Labute approximate surface area is 117 Å². The van der Waals surface area contributed by atoms with Crippen LogP contribution in [-0.2, 0) is 16.0 Å². The number of hydrogen-bond donors (Lipinski definition) is 0. The van der Waals surface area contributed by atoms with Gasteiger partial charge < -0.3 is 14.2 Å². The number of azide groups is 1. The molecule has 0 aromatic heterocycles. The highest BCUT2D eigenvalue weighted by Gasteiger charge is 2.09. The summed E-state index contributed by atoms with van der Waals surface area (Å²) in [5.41, 5.74) is 8.94. The van der Waals surface area contributed by atoms with E-state index in [1.807, 2.05) is 0 Å². The van der Waals surface area contributed by atoms with Gasteiger partial charge in [0.25, 0.3) is 0 Å². The fourth-order valence-electron chi connectivity index (χ4n) is 1.56. The van der Waals surface area contributed by atoms with E-state index in [0.717, 1.165) is 5.56 Å². The smallest absolute Gasteiger partial charge is 0.310 e. The molecule has 7 heteroatoms. The van der Waals surface area contributed by atoms with Crippen molar-refractivity contribution >= 4 is 5.97 Å². The largest absolute Gasteiger partial charge is 0.493 e. The Balaban J connectivity index is 2.69. The van der Waals surface area contributed by atoms with Crippen LogP contribution < -0.4 is 9.47 Å². The van der Waals surface area contributed by atoms with Crippen molar-refractivity contribution in [1.29, 1.82) is 0 Å². The van der Waals surface area contributed by atoms with Crippen LogP contribution in [0, 0.1) is 0 Å². The molecule has 1 aromatic carbocycles. The van der Waals surface area contributed by atoms with E-state index >= 15 is 0 Å². The van der Waals surface area contributed by atoms with Crippen LogP contribution in [0.2, 0.25) is 0 Å². The third-order valence-electron chi connectivity index (χ3n) is 2.39. The molecule has 0 aliphatic carbocycles. The lowest BCUT2D eigenvalue weighted by atomic mass is 10.1. The van der Waals surface area contributed by atoms with E-state index < -0.39 is 0 Å². The predicted octanol–water partition coefficient (Wildman–Crippen LogP) is 2.49. The molecule has 0 saturated carbocycles. The van der Waals surface area contributed by atoms with E-state index in [1.54, 1.807) is 25.1 Å². The zero-order valence-electron chi connectivity index (χ0n) is 11.5. The molecular weight excluding hydrogens is 262 g/mol. The van der Waals surface area contributed by atoms with Crippen LogP contribution in [-0.4, -0.2) is 32.8 Å². The number of carbonyl (C=O) groups is 1. The molecule has 108 valence electrons. The Hall–Kier alpha value is -2.40. The molecule has 0 atom stereocenters. The summed E-state index contributed by atoms with van der Waals surface area (Å²) >= 11 is 0. The third kappa shape index (κ3) is 5.07. The SMILES string of the molecule is CCOC(=O)Cc1ccc(OCCN=[N+]=[N-])c(OC)c1. The van der Waals surface area contributed by atoms with E-state index in [-0.39, 0.29) is 25.5 Å². The van der Waals surface area contributed by atoms with Crippen LogP contribution >= 0.6 is 0 Å². The first kappa shape index (κ1) is 15.7. The van der Waals surface area contributed by atoms with Gasteiger partial charge in [0.2, 0.25) is 0 Å². The van der Waals surface area contributed by atoms with Gasteiger partial charge in [-0.2, -0.15) is 0 Å². The molecule has 0 saturated heterocycles. The molecule has 0 aliphatic heterocycles. The minimum absolute atomic E-state index is 0.184. The van der Waals surface area contributed by atoms with Crippen molar-refractivity contribution in [3.05, 3.63) is 34.2 Å². The standard InChI is InChI=1S/C13H17N3O4/c1-3-19-13(17)9-10-4-5-11(12(8-10)18-2)20-7-6-15-16-14/h4-5,8H,3,6-7,9H2,1-2H3. The second-order valence-corrected chi connectivity index (χ2v) is 3.77. The molecule has 0 bridgehead atoms. The second-order valence-electron chi connectivity index (χ2n) is 3.77. The molecule has 0 spiro atoms. The molecule has 0 unspecified atom stereocenters. The van der Waals surface area contributed by atoms with Crippen molar-refractivity contribution in [3.63, 3.8) is 0 Å². The molecule has 1 rings (SSSR count). The Morgan fingerprint density at radius 1 is 1.40 bits per heavy atom. The Kier molecular flexibility index (Phi) is 6.78. The number of benzene rings is 1. The van der Waals surface area contributed by atoms with Gasteiger partial charge in [0.05, 0.1) is 33.3 Å². The van der Waals surface area contributed by atoms with Crippen LogP contribution in [0.4, 0.5) is 0 Å². The summed E-state index contributed by atoms with van der Waals surface area (Å²) in [6.07, 6.45) is 0.184. The van der Waals surface area contributed by atoms with Gasteiger partial charge in [-0.25, -0.2) is 0 Å². The Bertz CT molecular complexity index is 498. The molecule has 7 nitrogen and oxygen atoms in total. The van der Waals surface area contributed by atoms with Gasteiger partial charge in [-0.15, -0.1) is 0 Å². The summed E-state index contributed by atoms with van der Waals surface area (Å²) in [6.45, 7) is 2.62. The van der Waals surface area contributed by atoms with Crippen LogP contribution in [0.3, 0.4) is 0 Å². The molecule has 20 heavy (non-hydrogen) atoms. The fourth-order valence-corrected chi connectivity index (χ4v) is 1.56. The maximum absolute atomic E-state index is 11.4. The summed E-state index contributed by atoms with van der Waals surface area (Å²) in [5.74, 6) is 0.771. The monoisotopic (exact) mass is 279 g/mol. The average molecular weight is 279 g/mol. The maximum atomic E-state index is 11.4. The van der Waals surface area contributed by atoms with Crippen molar-refractivity contribution in [3.8, 4) is 11.5 Å². The van der Waals surface area contributed by atoms with Gasteiger partial charge in [0.1, 0.15) is 0 Å². The van der Waals surface area contributed by atoms with Crippen molar-refractivity contribution in [2.75, 3.05) is 26.9 Å². The summed E-state index contributed by atoms with van der Waals surface area (Å²) in [5, 5.41) is 3.37. The van der Waals surface area contributed by atoms with E-state index in [9.17, 15) is 4.79 Å². The molecule has 0 fully saturated rings. The number of methoxy groups -OCH3 is 1. The highest BCUT2D eigenvalue weighted by Crippen LogP contribution is 2.28. The molecule has 0 N–H and O–H groups in total. The van der Waals surface area contributed by atoms with Gasteiger partial charge >= 0.3 is 5.97 Å². The number of hydrogen-bond acceptors (Lipinski definition) is 5. The van der Waals surface area contributed by atoms with E-state index in [4.69, 9.17) is 19.7 Å². The quantitative estimate of drug-likeness (QED) is 0.240. The number of carbonyl (C=O) groups excluding carboxylic acids is 1. The van der Waals surface area contributed by atoms with Gasteiger partial charge in [0, 0.05) is 4.91 Å². The molecule has 0 heterocycles. The van der Waals surface area contributed by atoms with E-state index in [2.05, 4.69) is 10.0 Å². The number of ether oxygens (including phenoxy) is 3. The Morgan fingerprint density at radius 3 is 2.85 bits per heavy atom. The predicted molar refractivity (Wildman–Crippen MR) is 72.8 cm³/mol. The van der Waals surface area contributed by atoms with Crippen molar-refractivity contribution < 1.29 is 19.0 Å². The van der Waals surface area contributed by atoms with Crippen LogP contribution in [0.5, 0.6) is 11.5 Å². The first-order valence-corrected chi connectivity index (χ1v) is 6.17. The molecular formula is C13H17N3O4. The molecule has 1 aromatic rings. The van der Waals surface area contributed by atoms with Gasteiger partial charge in [-0.1, -0.05) is 11.2 Å². The molecule has 0 aliphatic rings. The van der Waals surface area contributed by atoms with Gasteiger partial charge in [-0.3, -0.25) is 4.79 Å². The summed E-state index contributed by atoms with van der Waals surface area (Å²) in [4.78, 5) is 14.0. The third-order valence-corrected chi connectivity index (χ3v) is 2.39. The van der Waals surface area contributed by atoms with Crippen molar-refractivity contribution in [2.24, 2.45) is 5.11 Å². The first-order valence-electron chi connectivity index (χ1n) is 6.17. The highest BCUT2D eigenvalue weighted by atomic mass is 16.5. The lowest BCUT2D eigenvalue weighted by Crippen LogP contribution is -2.08. The van der Waals surface area contributed by atoms with Gasteiger partial charge in [-0.05, 0) is 30.2 Å². The lowest BCUT2D eigenvalue weighted by molar-refractivity contribution is -0.142. The normalized spacial score (nSPS) is 9.50. The fraction of sp³-hybridized carbons (Fsp3) is 0.462. The van der Waals surface area contributed by atoms with Crippen LogP contribution in [0.25, 0.3) is 10.4 Å². The summed E-state index contributed by atoms with van der Waals surface area (Å²) in [7, 11) is 1.52.